The molecule has 5 N–H and O–H groups in total. The summed E-state index contributed by atoms with van der Waals surface area (Å²) in [6.07, 6.45) is 1.55. The maximum Gasteiger partial charge on any atom is 0.323 e. The van der Waals surface area contributed by atoms with Crippen LogP contribution in [0.15, 0.2) is 0 Å². The number of hydrogen-bond acceptors (Lipinski definition) is 8. The third-order valence-corrected chi connectivity index (χ3v) is 2.69. The molecule has 0 aliphatic carbocycles. The number of nitrogens with zero attached hydrogens (tertiary/aromatic N) is 3. The van der Waals surface area contributed by atoms with Crippen LogP contribution in [0.4, 0.5) is 11.9 Å². The van der Waals surface area contributed by atoms with Crippen molar-refractivity contribution in [2.75, 3.05) is 30.5 Å². The molecule has 0 unspecified atom stereocenters. The fourth-order valence-electron chi connectivity index (χ4n) is 1.47. The Balaban J connectivity index is 2.73. The number of nitrogen functional groups attached to an aromatic ring is 1. The molecule has 0 saturated carbocycles. The van der Waals surface area contributed by atoms with E-state index in [-0.39, 0.29) is 24.0 Å². The van der Waals surface area contributed by atoms with Crippen molar-refractivity contribution in [1.29, 1.82) is 0 Å². The fourth-order valence-corrected chi connectivity index (χ4v) is 1.47. The van der Waals surface area contributed by atoms with E-state index in [0.29, 0.717) is 25.5 Å². The van der Waals surface area contributed by atoms with Gasteiger partial charge in [0.2, 0.25) is 11.9 Å². The van der Waals surface area contributed by atoms with Crippen molar-refractivity contribution < 1.29 is 9.84 Å². The minimum absolute atomic E-state index is 0.0673. The number of hydrazine groups is 1. The molecule has 0 fully saturated rings. The summed E-state index contributed by atoms with van der Waals surface area (Å²) >= 11 is 0. The average Bonchev–Trinajstić information content (AvgIpc) is 2.43. The van der Waals surface area contributed by atoms with Gasteiger partial charge in [-0.25, -0.2) is 5.84 Å². The van der Waals surface area contributed by atoms with Gasteiger partial charge in [0.25, 0.3) is 0 Å². The summed E-state index contributed by atoms with van der Waals surface area (Å²) in [4.78, 5) is 12.3. The predicted octanol–water partition coefficient (Wildman–Crippen LogP) is 0.766. The minimum Gasteiger partial charge on any atom is -0.463 e. The smallest absolute Gasteiger partial charge is 0.323 e. The van der Waals surface area contributed by atoms with E-state index in [1.807, 2.05) is 20.8 Å². The maximum absolute atomic E-state index is 9.01. The molecular formula is C12H24N6O2. The number of aliphatic hydroxyl groups is 1. The summed E-state index contributed by atoms with van der Waals surface area (Å²) in [5, 5.41) is 12.1. The second-order valence-corrected chi connectivity index (χ2v) is 5.25. The van der Waals surface area contributed by atoms with E-state index in [4.69, 9.17) is 15.7 Å². The largest absolute Gasteiger partial charge is 0.463 e. The number of hydrogen-bond donors (Lipinski definition) is 4. The summed E-state index contributed by atoms with van der Waals surface area (Å²) in [6, 6.07) is 0.234. The van der Waals surface area contributed by atoms with Gasteiger partial charge in [0, 0.05) is 13.2 Å². The van der Waals surface area contributed by atoms with Gasteiger partial charge < -0.3 is 15.2 Å². The van der Waals surface area contributed by atoms with E-state index in [1.165, 1.54) is 0 Å². The Bertz CT molecular complexity index is 413. The van der Waals surface area contributed by atoms with Crippen molar-refractivity contribution in [2.24, 2.45) is 11.3 Å². The number of aliphatic hydroxyl groups excluding tert-OH is 1. The van der Waals surface area contributed by atoms with Crippen molar-refractivity contribution in [3.05, 3.63) is 0 Å². The quantitative estimate of drug-likeness (QED) is 0.388. The first-order valence-corrected chi connectivity index (χ1v) is 6.71. The SMILES string of the molecule is CCCOc1nc(NN)nc(NCC(C)(C)CCO)n1. The van der Waals surface area contributed by atoms with Crippen LogP contribution in [0, 0.1) is 5.41 Å². The highest BCUT2D eigenvalue weighted by Crippen LogP contribution is 2.20. The van der Waals surface area contributed by atoms with Crippen molar-refractivity contribution in [3.63, 3.8) is 0 Å². The second-order valence-electron chi connectivity index (χ2n) is 5.25. The van der Waals surface area contributed by atoms with Crippen LogP contribution in [0.5, 0.6) is 6.01 Å². The number of anilines is 2. The van der Waals surface area contributed by atoms with Gasteiger partial charge >= 0.3 is 6.01 Å². The molecule has 0 amide bonds. The molecule has 0 radical (unpaired) electrons. The Morgan fingerprint density at radius 3 is 2.55 bits per heavy atom. The molecule has 1 heterocycles. The first kappa shape index (κ1) is 16.4. The van der Waals surface area contributed by atoms with Gasteiger partial charge in [-0.2, -0.15) is 15.0 Å². The minimum atomic E-state index is -0.0673. The Hall–Kier alpha value is -1.67. The van der Waals surface area contributed by atoms with E-state index >= 15 is 0 Å². The Morgan fingerprint density at radius 2 is 1.95 bits per heavy atom. The van der Waals surface area contributed by atoms with E-state index in [1.54, 1.807) is 0 Å². The molecule has 1 rings (SSSR count). The molecule has 1 aromatic rings. The highest BCUT2D eigenvalue weighted by molar-refractivity contribution is 5.35. The topological polar surface area (TPSA) is 118 Å². The first-order chi connectivity index (χ1) is 9.50. The van der Waals surface area contributed by atoms with Crippen LogP contribution in [-0.2, 0) is 0 Å². The maximum atomic E-state index is 9.01. The molecule has 0 aliphatic heterocycles. The van der Waals surface area contributed by atoms with Gasteiger partial charge in [-0.05, 0) is 18.3 Å². The summed E-state index contributed by atoms with van der Waals surface area (Å²) in [5.74, 6) is 5.96. The molecular weight excluding hydrogens is 260 g/mol. The normalized spacial score (nSPS) is 11.2. The summed E-state index contributed by atoms with van der Waals surface area (Å²) in [5.41, 5.74) is 2.32. The molecule has 1 aromatic heterocycles. The van der Waals surface area contributed by atoms with Gasteiger partial charge in [-0.1, -0.05) is 20.8 Å². The summed E-state index contributed by atoms with van der Waals surface area (Å²) in [7, 11) is 0. The third-order valence-electron chi connectivity index (χ3n) is 2.69. The molecule has 0 spiro atoms. The second kappa shape index (κ2) is 7.81. The Kier molecular flexibility index (Phi) is 6.40. The van der Waals surface area contributed by atoms with Crippen LogP contribution in [-0.4, -0.2) is 39.8 Å². The highest BCUT2D eigenvalue weighted by Gasteiger charge is 2.18. The average molecular weight is 284 g/mol. The van der Waals surface area contributed by atoms with E-state index < -0.39 is 0 Å². The number of ether oxygens (including phenoxy) is 1. The molecule has 8 heteroatoms. The molecule has 0 atom stereocenters. The van der Waals surface area contributed by atoms with Crippen molar-refractivity contribution in [2.45, 2.75) is 33.6 Å². The fraction of sp³-hybridized carbons (Fsp3) is 0.750. The lowest BCUT2D eigenvalue weighted by molar-refractivity contribution is 0.220. The molecule has 114 valence electrons. The van der Waals surface area contributed by atoms with Crippen molar-refractivity contribution >= 4 is 11.9 Å². The highest BCUT2D eigenvalue weighted by atomic mass is 16.5. The zero-order valence-corrected chi connectivity index (χ0v) is 12.3. The van der Waals surface area contributed by atoms with Crippen LogP contribution < -0.4 is 21.3 Å². The zero-order chi connectivity index (χ0) is 15.0. The van der Waals surface area contributed by atoms with Crippen molar-refractivity contribution in [1.82, 2.24) is 15.0 Å². The molecule has 0 saturated heterocycles. The van der Waals surface area contributed by atoms with Crippen LogP contribution in [0.25, 0.3) is 0 Å². The summed E-state index contributed by atoms with van der Waals surface area (Å²) in [6.45, 7) is 7.40. The van der Waals surface area contributed by atoms with Gasteiger partial charge in [0.1, 0.15) is 0 Å². The number of nitrogens with two attached hydrogens (primary N) is 1. The van der Waals surface area contributed by atoms with Crippen LogP contribution >= 0.6 is 0 Å². The Labute approximate surface area is 119 Å². The zero-order valence-electron chi connectivity index (χ0n) is 12.3. The standard InChI is InChI=1S/C12H24N6O2/c1-4-7-20-11-16-9(15-10(17-11)18-13)14-8-12(2,3)5-6-19/h19H,4-8,13H2,1-3H3,(H2,14,15,16,17,18). The van der Waals surface area contributed by atoms with Gasteiger partial charge in [0.15, 0.2) is 0 Å². The lowest BCUT2D eigenvalue weighted by Gasteiger charge is -2.23. The molecule has 8 nitrogen and oxygen atoms in total. The summed E-state index contributed by atoms with van der Waals surface area (Å²) < 4.78 is 5.38. The first-order valence-electron chi connectivity index (χ1n) is 6.71. The number of nitrogens with one attached hydrogen (secondary N) is 2. The van der Waals surface area contributed by atoms with Gasteiger partial charge in [0.05, 0.1) is 6.61 Å². The Morgan fingerprint density at radius 1 is 1.25 bits per heavy atom. The third kappa shape index (κ3) is 5.54. The van der Waals surface area contributed by atoms with Crippen LogP contribution in [0.2, 0.25) is 0 Å². The number of aromatic nitrogens is 3. The molecule has 0 aromatic carbocycles. The van der Waals surface area contributed by atoms with E-state index in [2.05, 4.69) is 25.7 Å². The van der Waals surface area contributed by atoms with Crippen molar-refractivity contribution in [3.8, 4) is 6.01 Å². The predicted molar refractivity (Wildman–Crippen MR) is 77.4 cm³/mol. The van der Waals surface area contributed by atoms with E-state index in [9.17, 15) is 0 Å². The van der Waals surface area contributed by atoms with E-state index in [0.717, 1.165) is 6.42 Å². The van der Waals surface area contributed by atoms with Gasteiger partial charge in [-0.15, -0.1) is 0 Å². The number of rotatable bonds is 9. The molecule has 0 aliphatic rings. The van der Waals surface area contributed by atoms with Gasteiger partial charge in [-0.3, -0.25) is 5.43 Å². The van der Waals surface area contributed by atoms with Crippen LogP contribution in [0.1, 0.15) is 33.6 Å². The lowest BCUT2D eigenvalue weighted by atomic mass is 9.90. The molecule has 20 heavy (non-hydrogen) atoms. The van der Waals surface area contributed by atoms with Crippen LogP contribution in [0.3, 0.4) is 0 Å². The monoisotopic (exact) mass is 284 g/mol. The molecule has 0 bridgehead atoms. The lowest BCUT2D eigenvalue weighted by Crippen LogP contribution is -2.25.